The number of nitrogens with zero attached hydrogens (tertiary/aromatic N) is 1. The number of nitrogen functional groups attached to an aromatic ring is 1. The molecule has 0 saturated carbocycles. The predicted octanol–water partition coefficient (Wildman–Crippen LogP) is 0.268. The van der Waals surface area contributed by atoms with Gasteiger partial charge in [0.05, 0.1) is 0 Å². The van der Waals surface area contributed by atoms with Gasteiger partial charge in [-0.2, -0.15) is 0 Å². The average molecular weight is 246 g/mol. The summed E-state index contributed by atoms with van der Waals surface area (Å²) in [6.45, 7) is 0.465. The van der Waals surface area contributed by atoms with Crippen LogP contribution in [0.3, 0.4) is 0 Å². The van der Waals surface area contributed by atoms with Crippen molar-refractivity contribution >= 4 is 11.5 Å². The summed E-state index contributed by atoms with van der Waals surface area (Å²) >= 11 is 0. The molecule has 0 bridgehead atoms. The van der Waals surface area contributed by atoms with Crippen LogP contribution in [0.5, 0.6) is 0 Å². The van der Waals surface area contributed by atoms with Crippen molar-refractivity contribution < 1.29 is 0 Å². The van der Waals surface area contributed by atoms with Crippen LogP contribution >= 0.6 is 0 Å². The van der Waals surface area contributed by atoms with E-state index < -0.39 is 11.2 Å². The number of rotatable bonds is 3. The first-order chi connectivity index (χ1) is 8.59. The van der Waals surface area contributed by atoms with Crippen molar-refractivity contribution in [2.24, 2.45) is 7.05 Å². The number of hydrogen-bond donors (Lipinski definition) is 3. The van der Waals surface area contributed by atoms with Crippen molar-refractivity contribution in [2.75, 3.05) is 11.1 Å². The molecule has 94 valence electrons. The lowest BCUT2D eigenvalue weighted by Gasteiger charge is -2.10. The Labute approximate surface area is 103 Å². The highest BCUT2D eigenvalue weighted by atomic mass is 16.2. The van der Waals surface area contributed by atoms with Crippen LogP contribution in [0.4, 0.5) is 11.5 Å². The van der Waals surface area contributed by atoms with Crippen LogP contribution < -0.4 is 22.3 Å². The molecule has 4 N–H and O–H groups in total. The van der Waals surface area contributed by atoms with Crippen molar-refractivity contribution in [1.29, 1.82) is 0 Å². The first kappa shape index (κ1) is 12.0. The Kier molecular flexibility index (Phi) is 3.18. The molecule has 0 radical (unpaired) electrons. The number of nitrogens with one attached hydrogen (secondary N) is 2. The van der Waals surface area contributed by atoms with Crippen molar-refractivity contribution in [2.45, 2.75) is 6.54 Å². The van der Waals surface area contributed by atoms with E-state index in [4.69, 9.17) is 5.73 Å². The van der Waals surface area contributed by atoms with E-state index in [9.17, 15) is 9.59 Å². The third kappa shape index (κ3) is 2.27. The maximum atomic E-state index is 11.6. The van der Waals surface area contributed by atoms with Crippen LogP contribution in [0.2, 0.25) is 0 Å². The third-order valence-corrected chi connectivity index (χ3v) is 2.68. The minimum absolute atomic E-state index is 0.125. The molecule has 6 nitrogen and oxygen atoms in total. The van der Waals surface area contributed by atoms with Crippen LogP contribution in [-0.2, 0) is 13.6 Å². The van der Waals surface area contributed by atoms with Crippen LogP contribution in [0, 0.1) is 0 Å². The van der Waals surface area contributed by atoms with Crippen molar-refractivity contribution in [3.63, 3.8) is 0 Å². The predicted molar refractivity (Wildman–Crippen MR) is 70.5 cm³/mol. The van der Waals surface area contributed by atoms with Gasteiger partial charge in [0.25, 0.3) is 5.56 Å². The quantitative estimate of drug-likeness (QED) is 0.724. The molecule has 6 heteroatoms. The Morgan fingerprint density at radius 1 is 1.28 bits per heavy atom. The summed E-state index contributed by atoms with van der Waals surface area (Å²) in [7, 11) is 1.50. The van der Waals surface area contributed by atoms with E-state index in [0.29, 0.717) is 6.54 Å². The molecule has 0 spiro atoms. The Morgan fingerprint density at radius 2 is 1.94 bits per heavy atom. The second-order valence-electron chi connectivity index (χ2n) is 3.92. The largest absolute Gasteiger partial charge is 0.383 e. The number of aromatic amines is 1. The first-order valence-electron chi connectivity index (χ1n) is 5.46. The molecule has 0 amide bonds. The van der Waals surface area contributed by atoms with Crippen LogP contribution in [0.25, 0.3) is 0 Å². The fraction of sp³-hybridized carbons (Fsp3) is 0.167. The zero-order valence-corrected chi connectivity index (χ0v) is 9.93. The number of H-pyrrole nitrogens is 1. The molecule has 2 aromatic rings. The first-order valence-corrected chi connectivity index (χ1v) is 5.46. The topological polar surface area (TPSA) is 92.9 Å². The minimum atomic E-state index is -0.525. The van der Waals surface area contributed by atoms with Crippen molar-refractivity contribution in [3.05, 3.63) is 56.7 Å². The standard InChI is InChI=1S/C12H14N4O2/c1-16-10(13)9(11(17)15-12(16)18)14-7-8-5-3-2-4-6-8/h2-6,14H,7,13H2,1H3,(H,15,17,18). The molecular weight excluding hydrogens is 232 g/mol. The molecule has 0 atom stereocenters. The smallest absolute Gasteiger partial charge is 0.329 e. The summed E-state index contributed by atoms with van der Waals surface area (Å²) in [5, 5.41) is 2.94. The maximum absolute atomic E-state index is 11.6. The maximum Gasteiger partial charge on any atom is 0.329 e. The number of nitrogens with two attached hydrogens (primary N) is 1. The van der Waals surface area contributed by atoms with Crippen LogP contribution in [0.15, 0.2) is 39.9 Å². The minimum Gasteiger partial charge on any atom is -0.383 e. The number of anilines is 2. The summed E-state index contributed by atoms with van der Waals surface area (Å²) in [5.74, 6) is 0.125. The highest BCUT2D eigenvalue weighted by molar-refractivity contribution is 5.60. The van der Waals surface area contributed by atoms with Gasteiger partial charge in [-0.25, -0.2) is 4.79 Å². The second-order valence-corrected chi connectivity index (χ2v) is 3.92. The highest BCUT2D eigenvalue weighted by Crippen LogP contribution is 2.10. The fourth-order valence-electron chi connectivity index (χ4n) is 1.59. The Hall–Kier alpha value is -2.50. The van der Waals surface area contributed by atoms with E-state index in [-0.39, 0.29) is 11.5 Å². The summed E-state index contributed by atoms with van der Waals surface area (Å²) < 4.78 is 1.19. The lowest BCUT2D eigenvalue weighted by Crippen LogP contribution is -2.32. The second kappa shape index (κ2) is 4.79. The monoisotopic (exact) mass is 246 g/mol. The van der Waals surface area contributed by atoms with E-state index in [2.05, 4.69) is 10.3 Å². The fourth-order valence-corrected chi connectivity index (χ4v) is 1.59. The van der Waals surface area contributed by atoms with Gasteiger partial charge in [-0.3, -0.25) is 14.3 Å². The molecule has 2 rings (SSSR count). The summed E-state index contributed by atoms with van der Waals surface area (Å²) in [6, 6.07) is 9.59. The van der Waals surface area contributed by atoms with E-state index in [1.54, 1.807) is 0 Å². The normalized spacial score (nSPS) is 10.3. The molecule has 0 aliphatic rings. The molecular formula is C12H14N4O2. The Morgan fingerprint density at radius 3 is 2.61 bits per heavy atom. The van der Waals surface area contributed by atoms with Gasteiger partial charge in [-0.05, 0) is 5.56 Å². The molecule has 0 saturated heterocycles. The van der Waals surface area contributed by atoms with Gasteiger partial charge >= 0.3 is 5.69 Å². The Bertz CT molecular complexity index is 658. The zero-order valence-electron chi connectivity index (χ0n) is 9.93. The summed E-state index contributed by atoms with van der Waals surface area (Å²) in [6.07, 6.45) is 0. The number of aromatic nitrogens is 2. The molecule has 0 unspecified atom stereocenters. The Balaban J connectivity index is 2.28. The summed E-state index contributed by atoms with van der Waals surface area (Å²) in [5.41, 5.74) is 5.92. The molecule has 0 aliphatic carbocycles. The number of benzene rings is 1. The lowest BCUT2D eigenvalue weighted by atomic mass is 10.2. The third-order valence-electron chi connectivity index (χ3n) is 2.68. The van der Waals surface area contributed by atoms with Crippen LogP contribution in [0.1, 0.15) is 5.56 Å². The lowest BCUT2D eigenvalue weighted by molar-refractivity contribution is 0.812. The van der Waals surface area contributed by atoms with Crippen molar-refractivity contribution in [1.82, 2.24) is 9.55 Å². The SMILES string of the molecule is Cn1c(N)c(NCc2ccccc2)c(=O)[nH]c1=O. The van der Waals surface area contributed by atoms with E-state index >= 15 is 0 Å². The van der Waals surface area contributed by atoms with Gasteiger partial charge in [0.15, 0.2) is 0 Å². The molecule has 0 aliphatic heterocycles. The van der Waals surface area contributed by atoms with Gasteiger partial charge in [0.1, 0.15) is 11.5 Å². The molecule has 18 heavy (non-hydrogen) atoms. The van der Waals surface area contributed by atoms with E-state index in [1.807, 2.05) is 30.3 Å². The van der Waals surface area contributed by atoms with Gasteiger partial charge in [-0.1, -0.05) is 30.3 Å². The van der Waals surface area contributed by atoms with Crippen LogP contribution in [-0.4, -0.2) is 9.55 Å². The summed E-state index contributed by atoms with van der Waals surface area (Å²) in [4.78, 5) is 25.1. The van der Waals surface area contributed by atoms with Gasteiger partial charge in [0, 0.05) is 13.6 Å². The number of hydrogen-bond acceptors (Lipinski definition) is 4. The van der Waals surface area contributed by atoms with Gasteiger partial charge in [-0.15, -0.1) is 0 Å². The molecule has 1 heterocycles. The average Bonchev–Trinajstić information content (AvgIpc) is 2.37. The van der Waals surface area contributed by atoms with Crippen molar-refractivity contribution in [3.8, 4) is 0 Å². The molecule has 1 aromatic carbocycles. The zero-order chi connectivity index (χ0) is 13.1. The highest BCUT2D eigenvalue weighted by Gasteiger charge is 2.08. The van der Waals surface area contributed by atoms with E-state index in [1.165, 1.54) is 11.6 Å². The van der Waals surface area contributed by atoms with E-state index in [0.717, 1.165) is 5.56 Å². The molecule has 1 aromatic heterocycles. The van der Waals surface area contributed by atoms with Gasteiger partial charge in [0.2, 0.25) is 0 Å². The molecule has 0 fully saturated rings. The van der Waals surface area contributed by atoms with Gasteiger partial charge < -0.3 is 11.1 Å².